The molecule has 8 heteroatoms. The molecule has 1 aromatic carbocycles. The first-order chi connectivity index (χ1) is 12.2. The van der Waals surface area contributed by atoms with Crippen LogP contribution in [0.3, 0.4) is 0 Å². The van der Waals surface area contributed by atoms with E-state index in [0.29, 0.717) is 16.6 Å². The largest absolute Gasteiger partial charge is 0.449 e. The van der Waals surface area contributed by atoms with Crippen LogP contribution in [0.5, 0.6) is 0 Å². The van der Waals surface area contributed by atoms with Crippen molar-refractivity contribution in [3.63, 3.8) is 0 Å². The number of amides is 1. The quantitative estimate of drug-likeness (QED) is 0.600. The molecule has 0 aliphatic rings. The summed E-state index contributed by atoms with van der Waals surface area (Å²) in [5.41, 5.74) is 8.18. The van der Waals surface area contributed by atoms with Gasteiger partial charge < -0.3 is 10.5 Å². The molecule has 0 aliphatic heterocycles. The van der Waals surface area contributed by atoms with Crippen LogP contribution in [0, 0.1) is 13.8 Å². The van der Waals surface area contributed by atoms with Crippen molar-refractivity contribution in [2.75, 3.05) is 0 Å². The number of esters is 1. The van der Waals surface area contributed by atoms with Crippen molar-refractivity contribution in [1.29, 1.82) is 0 Å². The lowest BCUT2D eigenvalue weighted by Crippen LogP contribution is -2.29. The molecule has 2 N–H and O–H groups in total. The molecule has 138 valence electrons. The van der Waals surface area contributed by atoms with Crippen LogP contribution in [-0.2, 0) is 20.9 Å². The molecule has 0 bridgehead atoms. The van der Waals surface area contributed by atoms with Gasteiger partial charge in [-0.25, -0.2) is 4.79 Å². The van der Waals surface area contributed by atoms with E-state index >= 15 is 0 Å². The summed E-state index contributed by atoms with van der Waals surface area (Å²) in [6, 6.07) is 5.32. The third-order valence-electron chi connectivity index (χ3n) is 3.89. The second-order valence-corrected chi connectivity index (χ2v) is 6.57. The summed E-state index contributed by atoms with van der Waals surface area (Å²) in [6.45, 7) is 5.52. The van der Waals surface area contributed by atoms with Gasteiger partial charge in [0.2, 0.25) is 0 Å². The highest BCUT2D eigenvalue weighted by Crippen LogP contribution is 2.26. The summed E-state index contributed by atoms with van der Waals surface area (Å²) in [6.07, 6.45) is 1.85. The first-order valence-electron chi connectivity index (χ1n) is 7.85. The average molecular weight is 396 g/mol. The number of hydrogen-bond donors (Lipinski definition) is 1. The van der Waals surface area contributed by atoms with Gasteiger partial charge in [0.15, 0.2) is 6.10 Å². The summed E-state index contributed by atoms with van der Waals surface area (Å²) in [4.78, 5) is 22.7. The molecule has 26 heavy (non-hydrogen) atoms. The highest BCUT2D eigenvalue weighted by molar-refractivity contribution is 6.35. The van der Waals surface area contributed by atoms with Gasteiger partial charge in [0.1, 0.15) is 0 Å². The molecule has 2 aromatic rings. The van der Waals surface area contributed by atoms with Crippen LogP contribution in [0.1, 0.15) is 29.4 Å². The molecule has 1 aromatic heterocycles. The number of benzene rings is 1. The van der Waals surface area contributed by atoms with E-state index in [-0.39, 0.29) is 0 Å². The monoisotopic (exact) mass is 395 g/mol. The zero-order valence-electron chi connectivity index (χ0n) is 14.6. The van der Waals surface area contributed by atoms with Gasteiger partial charge in [0, 0.05) is 32.9 Å². The molecule has 1 atom stereocenters. The van der Waals surface area contributed by atoms with E-state index in [1.807, 2.05) is 13.8 Å². The minimum Gasteiger partial charge on any atom is -0.449 e. The maximum atomic E-state index is 11.8. The van der Waals surface area contributed by atoms with Crippen molar-refractivity contribution in [2.45, 2.75) is 33.4 Å². The van der Waals surface area contributed by atoms with Crippen molar-refractivity contribution in [3.8, 4) is 0 Å². The van der Waals surface area contributed by atoms with Crippen molar-refractivity contribution >= 4 is 41.2 Å². The van der Waals surface area contributed by atoms with E-state index in [1.165, 1.54) is 13.0 Å². The Bertz CT molecular complexity index is 855. The number of carbonyl (C=O) groups excluding carboxylic acids is 2. The normalized spacial score (nSPS) is 12.3. The molecule has 0 aliphatic carbocycles. The number of primary amides is 1. The van der Waals surface area contributed by atoms with Crippen LogP contribution < -0.4 is 5.73 Å². The zero-order valence-corrected chi connectivity index (χ0v) is 16.1. The Kier molecular flexibility index (Phi) is 6.45. The van der Waals surface area contributed by atoms with Gasteiger partial charge >= 0.3 is 5.97 Å². The van der Waals surface area contributed by atoms with Crippen molar-refractivity contribution in [3.05, 3.63) is 56.8 Å². The van der Waals surface area contributed by atoms with E-state index in [0.717, 1.165) is 22.5 Å². The fourth-order valence-electron chi connectivity index (χ4n) is 2.36. The van der Waals surface area contributed by atoms with Gasteiger partial charge in [0.05, 0.1) is 12.2 Å². The standard InChI is InChI=1S/C18H19Cl2N3O3/c1-10-13(7-8-17(24)26-12(3)18(21)25)11(2)23(22-10)9-14-15(19)5-4-6-16(14)20/h4-8,12H,9H2,1-3H3,(H2,21,25)/b8-7+/t12-/m1/s1. The van der Waals surface area contributed by atoms with Crippen molar-refractivity contribution in [1.82, 2.24) is 9.78 Å². The van der Waals surface area contributed by atoms with Crippen LogP contribution in [0.25, 0.3) is 6.08 Å². The Labute approximate surface area is 161 Å². The molecule has 6 nitrogen and oxygen atoms in total. The minimum absolute atomic E-state index is 0.405. The third-order valence-corrected chi connectivity index (χ3v) is 4.59. The van der Waals surface area contributed by atoms with Crippen molar-refractivity contribution < 1.29 is 14.3 Å². The number of hydrogen-bond acceptors (Lipinski definition) is 4. The highest BCUT2D eigenvalue weighted by atomic mass is 35.5. The van der Waals surface area contributed by atoms with Crippen LogP contribution in [0.2, 0.25) is 10.0 Å². The third kappa shape index (κ3) is 4.65. The van der Waals surface area contributed by atoms with E-state index in [1.54, 1.807) is 29.0 Å². The molecular weight excluding hydrogens is 377 g/mol. The minimum atomic E-state index is -0.987. The second-order valence-electron chi connectivity index (χ2n) is 5.76. The Hall–Kier alpha value is -2.31. The van der Waals surface area contributed by atoms with Crippen LogP contribution in [-0.4, -0.2) is 27.8 Å². The number of nitrogens with two attached hydrogens (primary N) is 1. The molecule has 0 saturated carbocycles. The first-order valence-corrected chi connectivity index (χ1v) is 8.61. The van der Waals surface area contributed by atoms with E-state index in [2.05, 4.69) is 5.10 Å². The maximum Gasteiger partial charge on any atom is 0.331 e. The predicted octanol–water partition coefficient (Wildman–Crippen LogP) is 3.29. The number of rotatable bonds is 6. The first kappa shape index (κ1) is 20.0. The van der Waals surface area contributed by atoms with Crippen molar-refractivity contribution in [2.24, 2.45) is 5.73 Å². The van der Waals surface area contributed by atoms with Gasteiger partial charge in [-0.2, -0.15) is 5.10 Å². The summed E-state index contributed by atoms with van der Waals surface area (Å²) in [7, 11) is 0. The Morgan fingerprint density at radius 3 is 2.50 bits per heavy atom. The molecule has 0 saturated heterocycles. The summed E-state index contributed by atoms with van der Waals surface area (Å²) in [5.74, 6) is -1.36. The van der Waals surface area contributed by atoms with E-state index in [9.17, 15) is 9.59 Å². The summed E-state index contributed by atoms with van der Waals surface area (Å²) in [5, 5.41) is 5.60. The Morgan fingerprint density at radius 1 is 1.31 bits per heavy atom. The molecule has 1 amide bonds. The van der Waals surface area contributed by atoms with Crippen LogP contribution in [0.4, 0.5) is 0 Å². The number of carbonyl (C=O) groups is 2. The smallest absolute Gasteiger partial charge is 0.331 e. The number of ether oxygens (including phenoxy) is 1. The number of aryl methyl sites for hydroxylation is 1. The Balaban J connectivity index is 2.21. The molecule has 0 fully saturated rings. The van der Waals surface area contributed by atoms with Crippen LogP contribution in [0.15, 0.2) is 24.3 Å². The molecule has 1 heterocycles. The van der Waals surface area contributed by atoms with E-state index in [4.69, 9.17) is 33.7 Å². The summed E-state index contributed by atoms with van der Waals surface area (Å²) >= 11 is 12.4. The van der Waals surface area contributed by atoms with Gasteiger partial charge in [-0.1, -0.05) is 29.3 Å². The van der Waals surface area contributed by atoms with Gasteiger partial charge in [-0.15, -0.1) is 0 Å². The number of aromatic nitrogens is 2. The van der Waals surface area contributed by atoms with Gasteiger partial charge in [-0.3, -0.25) is 9.48 Å². The number of halogens is 2. The predicted molar refractivity (Wildman–Crippen MR) is 101 cm³/mol. The number of nitrogens with zero attached hydrogens (tertiary/aromatic N) is 2. The fraction of sp³-hybridized carbons (Fsp3) is 0.278. The topological polar surface area (TPSA) is 87.2 Å². The summed E-state index contributed by atoms with van der Waals surface area (Å²) < 4.78 is 6.65. The molecular formula is C18H19Cl2N3O3. The van der Waals surface area contributed by atoms with E-state index < -0.39 is 18.0 Å². The molecule has 0 spiro atoms. The molecule has 0 radical (unpaired) electrons. The Morgan fingerprint density at radius 2 is 1.92 bits per heavy atom. The lowest BCUT2D eigenvalue weighted by molar-refractivity contribution is -0.148. The van der Waals surface area contributed by atoms with Gasteiger partial charge in [0.25, 0.3) is 5.91 Å². The average Bonchev–Trinajstić information content (AvgIpc) is 2.82. The second kappa shape index (κ2) is 8.38. The molecule has 2 rings (SSSR count). The highest BCUT2D eigenvalue weighted by Gasteiger charge is 2.15. The lowest BCUT2D eigenvalue weighted by atomic mass is 10.1. The zero-order chi connectivity index (χ0) is 19.4. The maximum absolute atomic E-state index is 11.8. The fourth-order valence-corrected chi connectivity index (χ4v) is 2.88. The molecule has 0 unspecified atom stereocenters. The van der Waals surface area contributed by atoms with Crippen LogP contribution >= 0.6 is 23.2 Å². The van der Waals surface area contributed by atoms with Gasteiger partial charge in [-0.05, 0) is 39.0 Å². The SMILES string of the molecule is Cc1nn(Cc2c(Cl)cccc2Cl)c(C)c1/C=C/C(=O)O[C@H](C)C(N)=O. The lowest BCUT2D eigenvalue weighted by Gasteiger charge is -2.09.